The number of fused-ring (bicyclic) bond motifs is 1. The van der Waals surface area contributed by atoms with Gasteiger partial charge < -0.3 is 19.0 Å². The van der Waals surface area contributed by atoms with Crippen LogP contribution in [0.5, 0.6) is 0 Å². The number of nitriles is 1. The number of hydrogen-bond donors (Lipinski definition) is 0. The molecule has 2 fully saturated rings. The molecule has 2 saturated heterocycles. The third kappa shape index (κ3) is 4.07. The number of benzene rings is 1. The van der Waals surface area contributed by atoms with Crippen molar-refractivity contribution in [3.8, 4) is 6.07 Å². The zero-order chi connectivity index (χ0) is 22.9. The maximum absolute atomic E-state index is 13.5. The van der Waals surface area contributed by atoms with Gasteiger partial charge in [0.15, 0.2) is 0 Å². The number of nitrogens with zero attached hydrogens (tertiary/aromatic N) is 3. The van der Waals surface area contributed by atoms with Crippen LogP contribution >= 0.6 is 0 Å². The van der Waals surface area contributed by atoms with Crippen molar-refractivity contribution < 1.29 is 27.1 Å². The molecular formula is C23H24F3N3O3. The van der Waals surface area contributed by atoms with Crippen molar-refractivity contribution in [2.24, 2.45) is 11.3 Å². The Morgan fingerprint density at radius 1 is 1.34 bits per heavy atom. The van der Waals surface area contributed by atoms with Crippen molar-refractivity contribution in [1.82, 2.24) is 4.90 Å². The summed E-state index contributed by atoms with van der Waals surface area (Å²) in [6, 6.07) is 7.10. The Kier molecular flexibility index (Phi) is 5.91. The van der Waals surface area contributed by atoms with Crippen molar-refractivity contribution in [3.05, 3.63) is 53.5 Å². The first-order chi connectivity index (χ1) is 15.3. The Labute approximate surface area is 184 Å². The number of piperidine rings is 1. The van der Waals surface area contributed by atoms with Crippen LogP contribution in [0.15, 0.2) is 41.2 Å². The molecule has 0 aliphatic carbocycles. The van der Waals surface area contributed by atoms with Crippen LogP contribution in [-0.4, -0.2) is 50.2 Å². The maximum Gasteiger partial charge on any atom is 0.417 e. The highest BCUT2D eigenvalue weighted by atomic mass is 19.4. The van der Waals surface area contributed by atoms with E-state index in [2.05, 4.69) is 0 Å². The van der Waals surface area contributed by atoms with E-state index in [1.54, 1.807) is 23.1 Å². The summed E-state index contributed by atoms with van der Waals surface area (Å²) < 4.78 is 51.2. The molecule has 6 nitrogen and oxygen atoms in total. The maximum atomic E-state index is 13.5. The molecule has 3 heterocycles. The van der Waals surface area contributed by atoms with E-state index in [1.807, 2.05) is 11.8 Å². The van der Waals surface area contributed by atoms with Gasteiger partial charge in [-0.3, -0.25) is 4.79 Å². The molecule has 32 heavy (non-hydrogen) atoms. The molecule has 170 valence electrons. The minimum absolute atomic E-state index is 0.121. The second kappa shape index (κ2) is 8.51. The molecule has 2 aliphatic rings. The minimum Gasteiger partial charge on any atom is -0.472 e. The lowest BCUT2D eigenvalue weighted by Crippen LogP contribution is -2.53. The van der Waals surface area contributed by atoms with Crippen molar-refractivity contribution in [3.63, 3.8) is 0 Å². The number of amides is 1. The summed E-state index contributed by atoms with van der Waals surface area (Å²) in [7, 11) is 0. The zero-order valence-corrected chi connectivity index (χ0v) is 17.7. The van der Waals surface area contributed by atoms with Gasteiger partial charge in [0.1, 0.15) is 6.26 Å². The highest BCUT2D eigenvalue weighted by molar-refractivity contribution is 5.94. The number of halogens is 3. The lowest BCUT2D eigenvalue weighted by Gasteiger charge is -2.43. The molecule has 0 saturated carbocycles. The number of carbonyl (C=O) groups excluding carboxylic acids is 1. The number of alkyl halides is 3. The Morgan fingerprint density at radius 3 is 2.81 bits per heavy atom. The summed E-state index contributed by atoms with van der Waals surface area (Å²) in [4.78, 5) is 16.6. The lowest BCUT2D eigenvalue weighted by atomic mass is 9.73. The molecule has 2 aromatic rings. The molecule has 4 rings (SSSR count). The van der Waals surface area contributed by atoms with E-state index in [1.165, 1.54) is 18.6 Å². The van der Waals surface area contributed by atoms with Crippen LogP contribution < -0.4 is 4.90 Å². The van der Waals surface area contributed by atoms with E-state index in [-0.39, 0.29) is 17.2 Å². The third-order valence-electron chi connectivity index (χ3n) is 6.51. The van der Waals surface area contributed by atoms with Crippen LogP contribution in [0, 0.1) is 22.7 Å². The first kappa shape index (κ1) is 22.2. The Balaban J connectivity index is 1.61. The molecule has 0 bridgehead atoms. The van der Waals surface area contributed by atoms with Gasteiger partial charge in [0.05, 0.1) is 35.6 Å². The van der Waals surface area contributed by atoms with Crippen LogP contribution in [0.3, 0.4) is 0 Å². The monoisotopic (exact) mass is 447 g/mol. The Morgan fingerprint density at radius 2 is 2.16 bits per heavy atom. The van der Waals surface area contributed by atoms with Gasteiger partial charge in [-0.25, -0.2) is 0 Å². The normalized spacial score (nSPS) is 23.2. The van der Waals surface area contributed by atoms with E-state index < -0.39 is 17.3 Å². The third-order valence-corrected chi connectivity index (χ3v) is 6.51. The average molecular weight is 447 g/mol. The molecule has 1 aromatic carbocycles. The van der Waals surface area contributed by atoms with E-state index in [4.69, 9.17) is 14.4 Å². The Bertz CT molecular complexity index is 1020. The van der Waals surface area contributed by atoms with Gasteiger partial charge in [0.2, 0.25) is 0 Å². The number of anilines is 1. The summed E-state index contributed by atoms with van der Waals surface area (Å²) in [5.41, 5.74) is -0.803. The molecule has 1 aromatic heterocycles. The smallest absolute Gasteiger partial charge is 0.417 e. The molecule has 0 spiro atoms. The van der Waals surface area contributed by atoms with E-state index in [0.29, 0.717) is 50.6 Å². The predicted molar refractivity (Wildman–Crippen MR) is 110 cm³/mol. The molecule has 1 amide bonds. The summed E-state index contributed by atoms with van der Waals surface area (Å²) in [6.07, 6.45) is -1.00. The molecule has 0 N–H and O–H groups in total. The van der Waals surface area contributed by atoms with Crippen molar-refractivity contribution in [2.45, 2.75) is 19.5 Å². The van der Waals surface area contributed by atoms with Crippen molar-refractivity contribution in [2.75, 3.05) is 44.3 Å². The van der Waals surface area contributed by atoms with Crippen molar-refractivity contribution in [1.29, 1.82) is 5.26 Å². The second-order valence-corrected chi connectivity index (χ2v) is 8.44. The second-order valence-electron chi connectivity index (χ2n) is 8.44. The highest BCUT2D eigenvalue weighted by Crippen LogP contribution is 2.45. The fourth-order valence-corrected chi connectivity index (χ4v) is 4.90. The first-order valence-electron chi connectivity index (χ1n) is 10.5. The zero-order valence-electron chi connectivity index (χ0n) is 17.7. The standard InChI is InChI=1S/C23H24F3N3O3/c1-2-31-15-22-13-28(21(30)17-6-8-32-12-17)7-5-18(22)11-29(14-22)19-4-3-16(10-27)20(9-19)23(24,25)26/h3-4,6,8-9,12,18H,2,5,7,11,13-15H2,1H3. The summed E-state index contributed by atoms with van der Waals surface area (Å²) >= 11 is 0. The van der Waals surface area contributed by atoms with Gasteiger partial charge in [-0.1, -0.05) is 0 Å². The Hall–Kier alpha value is -2.99. The summed E-state index contributed by atoms with van der Waals surface area (Å²) in [6.45, 7) is 4.89. The van der Waals surface area contributed by atoms with Crippen LogP contribution in [0.25, 0.3) is 0 Å². The van der Waals surface area contributed by atoms with Gasteiger partial charge in [0, 0.05) is 43.9 Å². The van der Waals surface area contributed by atoms with Gasteiger partial charge in [-0.2, -0.15) is 18.4 Å². The lowest BCUT2D eigenvalue weighted by molar-refractivity contribution is -0.137. The predicted octanol–water partition coefficient (Wildman–Crippen LogP) is 4.18. The van der Waals surface area contributed by atoms with Crippen LogP contribution in [0.4, 0.5) is 18.9 Å². The molecule has 0 radical (unpaired) electrons. The van der Waals surface area contributed by atoms with Crippen LogP contribution in [-0.2, 0) is 10.9 Å². The highest BCUT2D eigenvalue weighted by Gasteiger charge is 2.51. The number of ether oxygens (including phenoxy) is 1. The number of rotatable bonds is 5. The van der Waals surface area contributed by atoms with Gasteiger partial charge >= 0.3 is 6.18 Å². The molecular weight excluding hydrogens is 423 g/mol. The van der Waals surface area contributed by atoms with E-state index in [9.17, 15) is 18.0 Å². The van der Waals surface area contributed by atoms with Gasteiger partial charge in [0.25, 0.3) is 5.91 Å². The van der Waals surface area contributed by atoms with Gasteiger partial charge in [-0.15, -0.1) is 0 Å². The minimum atomic E-state index is -4.61. The van der Waals surface area contributed by atoms with E-state index >= 15 is 0 Å². The topological polar surface area (TPSA) is 69.7 Å². The van der Waals surface area contributed by atoms with Gasteiger partial charge in [-0.05, 0) is 43.5 Å². The molecule has 9 heteroatoms. The molecule has 2 unspecified atom stereocenters. The quantitative estimate of drug-likeness (QED) is 0.688. The largest absolute Gasteiger partial charge is 0.472 e. The number of likely N-dealkylation sites (tertiary alicyclic amines) is 1. The number of carbonyl (C=O) groups is 1. The molecule has 2 aliphatic heterocycles. The summed E-state index contributed by atoms with van der Waals surface area (Å²) in [5, 5.41) is 9.08. The van der Waals surface area contributed by atoms with Crippen LogP contribution in [0.1, 0.15) is 34.8 Å². The summed E-state index contributed by atoms with van der Waals surface area (Å²) in [5.74, 6) is 0.0525. The van der Waals surface area contributed by atoms with Crippen molar-refractivity contribution >= 4 is 11.6 Å². The number of hydrogen-bond acceptors (Lipinski definition) is 5. The van der Waals surface area contributed by atoms with Crippen LogP contribution in [0.2, 0.25) is 0 Å². The molecule has 2 atom stereocenters. The number of furan rings is 1. The van der Waals surface area contributed by atoms with E-state index in [0.717, 1.165) is 12.5 Å². The first-order valence-corrected chi connectivity index (χ1v) is 10.5. The fourth-order valence-electron chi connectivity index (χ4n) is 4.90. The average Bonchev–Trinajstić information content (AvgIpc) is 3.44. The SMILES string of the molecule is CCOCC12CN(C(=O)c3ccoc3)CCC1CN(c1ccc(C#N)c(C(F)(F)F)c1)C2. The fraction of sp³-hybridized carbons (Fsp3) is 0.478.